The van der Waals surface area contributed by atoms with Gasteiger partial charge in [-0.1, -0.05) is 55.0 Å². The van der Waals surface area contributed by atoms with Gasteiger partial charge in [0.25, 0.3) is 0 Å². The minimum Gasteiger partial charge on any atom is -0.221 e. The molecule has 0 aliphatic carbocycles. The average molecular weight is 303 g/mol. The molecule has 0 aliphatic heterocycles. The first-order valence-corrected chi connectivity index (χ1v) is 7.35. The Bertz CT molecular complexity index is 825. The van der Waals surface area contributed by atoms with Gasteiger partial charge in [-0.2, -0.15) is 14.9 Å². The molecule has 1 aromatic carbocycles. The molecule has 2 heterocycles. The highest BCUT2D eigenvalue weighted by atomic mass is 35.5. The van der Waals surface area contributed by atoms with Gasteiger partial charge in [-0.15, -0.1) is 0 Å². The van der Waals surface area contributed by atoms with E-state index in [2.05, 4.69) is 16.2 Å². The van der Waals surface area contributed by atoms with Crippen molar-refractivity contribution in [3.8, 4) is 16.6 Å². The van der Waals surface area contributed by atoms with Gasteiger partial charge in [-0.25, -0.2) is 4.98 Å². The monoisotopic (exact) mass is 302 g/mol. The molecule has 0 N–H and O–H groups in total. The molecule has 20 heavy (non-hydrogen) atoms. The lowest BCUT2D eigenvalue weighted by Gasteiger charge is -2.00. The number of benzene rings is 1. The summed E-state index contributed by atoms with van der Waals surface area (Å²) < 4.78 is 1.61. The molecule has 0 fully saturated rings. The quantitative estimate of drug-likeness (QED) is 0.716. The molecule has 0 bridgehead atoms. The standard InChI is InChI=1S/C14H11ClN4S/c1-8(2)12-11(7-16)19-14(17-12)20-13(18-19)9-5-3-4-6-10(9)15/h3-6,8H,1-2H3. The topological polar surface area (TPSA) is 54.0 Å². The van der Waals surface area contributed by atoms with E-state index in [1.807, 2.05) is 38.1 Å². The van der Waals surface area contributed by atoms with Crippen molar-refractivity contribution in [2.75, 3.05) is 0 Å². The van der Waals surface area contributed by atoms with E-state index in [1.165, 1.54) is 11.3 Å². The van der Waals surface area contributed by atoms with E-state index >= 15 is 0 Å². The van der Waals surface area contributed by atoms with Crippen molar-refractivity contribution in [3.05, 3.63) is 40.7 Å². The zero-order valence-electron chi connectivity index (χ0n) is 11.0. The predicted molar refractivity (Wildman–Crippen MR) is 80.1 cm³/mol. The Morgan fingerprint density at radius 3 is 2.75 bits per heavy atom. The zero-order chi connectivity index (χ0) is 14.3. The van der Waals surface area contributed by atoms with E-state index in [0.717, 1.165) is 21.2 Å². The van der Waals surface area contributed by atoms with E-state index in [4.69, 9.17) is 11.6 Å². The van der Waals surface area contributed by atoms with Gasteiger partial charge in [0.05, 0.1) is 10.7 Å². The van der Waals surface area contributed by atoms with Crippen molar-refractivity contribution in [3.63, 3.8) is 0 Å². The summed E-state index contributed by atoms with van der Waals surface area (Å²) in [7, 11) is 0. The van der Waals surface area contributed by atoms with Crippen LogP contribution in [0.2, 0.25) is 5.02 Å². The summed E-state index contributed by atoms with van der Waals surface area (Å²) in [6.07, 6.45) is 0. The first-order chi connectivity index (χ1) is 9.61. The van der Waals surface area contributed by atoms with Gasteiger partial charge < -0.3 is 0 Å². The van der Waals surface area contributed by atoms with Crippen LogP contribution in [0.5, 0.6) is 0 Å². The van der Waals surface area contributed by atoms with Crippen LogP contribution in [0.4, 0.5) is 0 Å². The van der Waals surface area contributed by atoms with Gasteiger partial charge in [0.2, 0.25) is 4.96 Å². The zero-order valence-corrected chi connectivity index (χ0v) is 12.5. The number of fused-ring (bicyclic) bond motifs is 1. The van der Waals surface area contributed by atoms with Crippen molar-refractivity contribution >= 4 is 27.9 Å². The summed E-state index contributed by atoms with van der Waals surface area (Å²) in [6.45, 7) is 4.03. The number of rotatable bonds is 2. The van der Waals surface area contributed by atoms with E-state index in [-0.39, 0.29) is 5.92 Å². The molecule has 0 amide bonds. The second-order valence-electron chi connectivity index (χ2n) is 4.69. The predicted octanol–water partition coefficient (Wildman–Crippen LogP) is 4.11. The molecule has 0 saturated heterocycles. The molecule has 0 saturated carbocycles. The highest BCUT2D eigenvalue weighted by molar-refractivity contribution is 7.19. The van der Waals surface area contributed by atoms with Crippen LogP contribution >= 0.6 is 22.9 Å². The first-order valence-electron chi connectivity index (χ1n) is 6.16. The summed E-state index contributed by atoms with van der Waals surface area (Å²) in [5, 5.41) is 15.2. The molecule has 6 heteroatoms. The summed E-state index contributed by atoms with van der Waals surface area (Å²) >= 11 is 7.62. The molecule has 2 aromatic heterocycles. The molecule has 100 valence electrons. The van der Waals surface area contributed by atoms with E-state index in [9.17, 15) is 5.26 Å². The Hall–Kier alpha value is -1.90. The summed E-state index contributed by atoms with van der Waals surface area (Å²) in [5.74, 6) is 0.197. The van der Waals surface area contributed by atoms with Crippen molar-refractivity contribution < 1.29 is 0 Å². The lowest BCUT2D eigenvalue weighted by atomic mass is 10.1. The average Bonchev–Trinajstić information content (AvgIpc) is 2.95. The minimum absolute atomic E-state index is 0.197. The molecule has 0 atom stereocenters. The fraction of sp³-hybridized carbons (Fsp3) is 0.214. The number of halogens is 1. The third kappa shape index (κ3) is 1.98. The van der Waals surface area contributed by atoms with Crippen molar-refractivity contribution in [1.82, 2.24) is 14.6 Å². The number of hydrogen-bond donors (Lipinski definition) is 0. The third-order valence-corrected chi connectivity index (χ3v) is 4.26. The van der Waals surface area contributed by atoms with Gasteiger partial charge in [-0.3, -0.25) is 0 Å². The van der Waals surface area contributed by atoms with Crippen LogP contribution in [0.1, 0.15) is 31.2 Å². The first kappa shape index (κ1) is 13.1. The van der Waals surface area contributed by atoms with Gasteiger partial charge in [0, 0.05) is 5.56 Å². The summed E-state index contributed by atoms with van der Waals surface area (Å²) in [4.78, 5) is 5.23. The molecule has 0 aliphatic rings. The third-order valence-electron chi connectivity index (χ3n) is 2.99. The molecule has 3 rings (SSSR count). The number of aromatic nitrogens is 3. The van der Waals surface area contributed by atoms with Crippen LogP contribution in [0, 0.1) is 11.3 Å². The number of imidazole rings is 1. The van der Waals surface area contributed by atoms with Gasteiger partial charge in [0.1, 0.15) is 11.1 Å². The Balaban J connectivity index is 2.21. The molecule has 3 aromatic rings. The molecular formula is C14H11ClN4S. The van der Waals surface area contributed by atoms with E-state index in [1.54, 1.807) is 4.52 Å². The molecule has 0 spiro atoms. The lowest BCUT2D eigenvalue weighted by molar-refractivity contribution is 0.822. The Labute approximate surface area is 125 Å². The number of hydrogen-bond acceptors (Lipinski definition) is 4. The second kappa shape index (κ2) is 4.89. The summed E-state index contributed by atoms with van der Waals surface area (Å²) in [5.41, 5.74) is 2.15. The Morgan fingerprint density at radius 1 is 1.35 bits per heavy atom. The number of nitrogens with zero attached hydrogens (tertiary/aromatic N) is 4. The maximum Gasteiger partial charge on any atom is 0.213 e. The van der Waals surface area contributed by atoms with Crippen LogP contribution in [-0.4, -0.2) is 14.6 Å². The highest BCUT2D eigenvalue weighted by Gasteiger charge is 2.19. The van der Waals surface area contributed by atoms with Gasteiger partial charge in [0.15, 0.2) is 5.69 Å². The van der Waals surface area contributed by atoms with E-state index in [0.29, 0.717) is 10.7 Å². The van der Waals surface area contributed by atoms with Crippen LogP contribution in [0.15, 0.2) is 24.3 Å². The van der Waals surface area contributed by atoms with Crippen molar-refractivity contribution in [1.29, 1.82) is 5.26 Å². The van der Waals surface area contributed by atoms with Crippen LogP contribution in [-0.2, 0) is 0 Å². The molecule has 0 radical (unpaired) electrons. The second-order valence-corrected chi connectivity index (χ2v) is 6.06. The summed E-state index contributed by atoms with van der Waals surface area (Å²) in [6, 6.07) is 9.72. The van der Waals surface area contributed by atoms with Crippen molar-refractivity contribution in [2.24, 2.45) is 0 Å². The SMILES string of the molecule is CC(C)c1nc2sc(-c3ccccc3Cl)nn2c1C#N. The van der Waals surface area contributed by atoms with Crippen LogP contribution in [0.25, 0.3) is 15.5 Å². The molecule has 0 unspecified atom stereocenters. The fourth-order valence-corrected chi connectivity index (χ4v) is 3.24. The maximum atomic E-state index is 9.32. The van der Waals surface area contributed by atoms with E-state index < -0.39 is 0 Å². The van der Waals surface area contributed by atoms with Crippen LogP contribution < -0.4 is 0 Å². The van der Waals surface area contributed by atoms with Crippen LogP contribution in [0.3, 0.4) is 0 Å². The lowest BCUT2D eigenvalue weighted by Crippen LogP contribution is -1.95. The Morgan fingerprint density at radius 2 is 2.10 bits per heavy atom. The number of nitriles is 1. The van der Waals surface area contributed by atoms with Gasteiger partial charge >= 0.3 is 0 Å². The highest BCUT2D eigenvalue weighted by Crippen LogP contribution is 2.32. The smallest absolute Gasteiger partial charge is 0.213 e. The molecular weight excluding hydrogens is 292 g/mol. The van der Waals surface area contributed by atoms with Crippen molar-refractivity contribution in [2.45, 2.75) is 19.8 Å². The van der Waals surface area contributed by atoms with Gasteiger partial charge in [-0.05, 0) is 12.0 Å². The Kier molecular flexibility index (Phi) is 3.20. The maximum absolute atomic E-state index is 9.32. The fourth-order valence-electron chi connectivity index (χ4n) is 2.01. The normalized spacial score (nSPS) is 11.2. The molecule has 4 nitrogen and oxygen atoms in total. The minimum atomic E-state index is 0.197. The largest absolute Gasteiger partial charge is 0.221 e.